The maximum absolute atomic E-state index is 4.51. The number of aryl methyl sites for hydroxylation is 3. The fourth-order valence-electron chi connectivity index (χ4n) is 2.02. The normalized spacial score (nSPS) is 12.9. The smallest absolute Gasteiger partial charge is 0.0897 e. The molecule has 1 atom stereocenters. The zero-order valence-corrected chi connectivity index (χ0v) is 11.5. The highest BCUT2D eigenvalue weighted by Gasteiger charge is 2.16. The molecule has 5 heteroatoms. The summed E-state index contributed by atoms with van der Waals surface area (Å²) < 4.78 is 1.94. The minimum atomic E-state index is 0.266. The molecular weight excluding hydrogens is 232 g/mol. The number of thiazole rings is 1. The van der Waals surface area contributed by atoms with Gasteiger partial charge in [-0.25, -0.2) is 4.98 Å². The molecule has 0 aliphatic carbocycles. The van der Waals surface area contributed by atoms with Gasteiger partial charge in [-0.1, -0.05) is 0 Å². The molecule has 2 aromatic rings. The number of rotatable bonds is 4. The van der Waals surface area contributed by atoms with E-state index in [0.29, 0.717) is 0 Å². The van der Waals surface area contributed by atoms with Crippen molar-refractivity contribution in [2.24, 2.45) is 7.05 Å². The van der Waals surface area contributed by atoms with Crippen molar-refractivity contribution in [3.8, 4) is 0 Å². The predicted octanol–water partition coefficient (Wildman–Crippen LogP) is 2.00. The van der Waals surface area contributed by atoms with E-state index in [-0.39, 0.29) is 6.04 Å². The first-order valence-electron chi connectivity index (χ1n) is 5.69. The lowest BCUT2D eigenvalue weighted by Gasteiger charge is -2.15. The Labute approximate surface area is 106 Å². The summed E-state index contributed by atoms with van der Waals surface area (Å²) in [5, 5.41) is 11.0. The minimum absolute atomic E-state index is 0.266. The lowest BCUT2D eigenvalue weighted by molar-refractivity contribution is 0.533. The van der Waals surface area contributed by atoms with Gasteiger partial charge in [0.1, 0.15) is 0 Å². The van der Waals surface area contributed by atoms with Crippen molar-refractivity contribution in [2.45, 2.75) is 26.3 Å². The van der Waals surface area contributed by atoms with Gasteiger partial charge in [0, 0.05) is 18.8 Å². The van der Waals surface area contributed by atoms with E-state index in [1.165, 1.54) is 5.69 Å². The molecule has 0 bridgehead atoms. The molecule has 1 unspecified atom stereocenters. The van der Waals surface area contributed by atoms with E-state index in [0.717, 1.165) is 22.8 Å². The summed E-state index contributed by atoms with van der Waals surface area (Å²) in [6.45, 7) is 4.06. The van der Waals surface area contributed by atoms with Crippen LogP contribution in [-0.2, 0) is 13.5 Å². The van der Waals surface area contributed by atoms with Gasteiger partial charge in [0.15, 0.2) is 0 Å². The van der Waals surface area contributed by atoms with Gasteiger partial charge >= 0.3 is 0 Å². The molecule has 0 spiro atoms. The van der Waals surface area contributed by atoms with Gasteiger partial charge in [0.2, 0.25) is 0 Å². The summed E-state index contributed by atoms with van der Waals surface area (Å²) in [6.07, 6.45) is 0.903. The Morgan fingerprint density at radius 2 is 2.24 bits per heavy atom. The molecule has 0 fully saturated rings. The second kappa shape index (κ2) is 4.98. The second-order valence-electron chi connectivity index (χ2n) is 4.24. The van der Waals surface area contributed by atoms with Crippen LogP contribution in [0.4, 0.5) is 0 Å². The van der Waals surface area contributed by atoms with Gasteiger partial charge in [0.25, 0.3) is 0 Å². The van der Waals surface area contributed by atoms with Crippen molar-refractivity contribution in [1.29, 1.82) is 0 Å². The third kappa shape index (κ3) is 2.73. The Bertz CT molecular complexity index is 500. The van der Waals surface area contributed by atoms with Gasteiger partial charge in [-0.15, -0.1) is 11.3 Å². The van der Waals surface area contributed by atoms with Crippen LogP contribution in [-0.4, -0.2) is 21.8 Å². The summed E-state index contributed by atoms with van der Waals surface area (Å²) in [4.78, 5) is 4.51. The molecule has 0 saturated carbocycles. The van der Waals surface area contributed by atoms with E-state index in [4.69, 9.17) is 0 Å². The number of aromatic nitrogens is 3. The van der Waals surface area contributed by atoms with E-state index in [2.05, 4.69) is 26.8 Å². The predicted molar refractivity (Wildman–Crippen MR) is 70.3 cm³/mol. The molecule has 0 aromatic carbocycles. The Hall–Kier alpha value is -1.20. The van der Waals surface area contributed by atoms with Crippen LogP contribution in [0.1, 0.15) is 28.1 Å². The van der Waals surface area contributed by atoms with Crippen LogP contribution in [0.15, 0.2) is 11.4 Å². The van der Waals surface area contributed by atoms with Crippen LogP contribution in [0, 0.1) is 13.8 Å². The van der Waals surface area contributed by atoms with Crippen molar-refractivity contribution in [1.82, 2.24) is 20.1 Å². The Morgan fingerprint density at radius 3 is 2.71 bits per heavy atom. The number of nitrogens with zero attached hydrogens (tertiary/aromatic N) is 3. The first-order valence-corrected chi connectivity index (χ1v) is 6.57. The lowest BCUT2D eigenvalue weighted by atomic mass is 10.1. The molecule has 2 heterocycles. The van der Waals surface area contributed by atoms with Crippen LogP contribution >= 0.6 is 11.3 Å². The van der Waals surface area contributed by atoms with Crippen molar-refractivity contribution in [2.75, 3.05) is 7.05 Å². The topological polar surface area (TPSA) is 42.7 Å². The quantitative estimate of drug-likeness (QED) is 0.902. The average molecular weight is 250 g/mol. The van der Waals surface area contributed by atoms with Crippen LogP contribution in [0.2, 0.25) is 0 Å². The molecule has 1 N–H and O–H groups in total. The molecule has 17 heavy (non-hydrogen) atoms. The maximum atomic E-state index is 4.51. The van der Waals surface area contributed by atoms with E-state index in [9.17, 15) is 0 Å². The third-order valence-corrected chi connectivity index (χ3v) is 3.65. The fraction of sp³-hybridized carbons (Fsp3) is 0.500. The number of hydrogen-bond acceptors (Lipinski definition) is 4. The summed E-state index contributed by atoms with van der Waals surface area (Å²) in [5.74, 6) is 0. The van der Waals surface area contributed by atoms with Gasteiger partial charge in [-0.05, 0) is 27.0 Å². The highest BCUT2D eigenvalue weighted by molar-refractivity contribution is 7.09. The zero-order valence-electron chi connectivity index (χ0n) is 10.7. The van der Waals surface area contributed by atoms with Gasteiger partial charge in [0.05, 0.1) is 28.1 Å². The largest absolute Gasteiger partial charge is 0.311 e. The van der Waals surface area contributed by atoms with Crippen molar-refractivity contribution < 1.29 is 0 Å². The highest BCUT2D eigenvalue weighted by Crippen LogP contribution is 2.19. The van der Waals surface area contributed by atoms with Crippen LogP contribution in [0.3, 0.4) is 0 Å². The molecule has 2 aromatic heterocycles. The monoisotopic (exact) mass is 250 g/mol. The first kappa shape index (κ1) is 12.3. The Balaban J connectivity index is 2.19. The Morgan fingerprint density at radius 1 is 1.47 bits per heavy atom. The average Bonchev–Trinajstić information content (AvgIpc) is 2.82. The number of nitrogens with one attached hydrogen (secondary N) is 1. The molecule has 4 nitrogen and oxygen atoms in total. The van der Waals surface area contributed by atoms with Crippen LogP contribution in [0.25, 0.3) is 0 Å². The number of hydrogen-bond donors (Lipinski definition) is 1. The number of likely N-dealkylation sites (N-methyl/N-ethyl adjacent to an activating group) is 1. The van der Waals surface area contributed by atoms with Crippen LogP contribution in [0.5, 0.6) is 0 Å². The lowest BCUT2D eigenvalue weighted by Crippen LogP contribution is -2.21. The molecule has 0 amide bonds. The summed E-state index contributed by atoms with van der Waals surface area (Å²) in [7, 11) is 3.96. The minimum Gasteiger partial charge on any atom is -0.311 e. The van der Waals surface area contributed by atoms with Crippen molar-refractivity contribution in [3.63, 3.8) is 0 Å². The third-order valence-electron chi connectivity index (χ3n) is 2.82. The first-order chi connectivity index (χ1) is 8.10. The Kier molecular flexibility index (Phi) is 3.59. The van der Waals surface area contributed by atoms with Crippen molar-refractivity contribution >= 4 is 11.3 Å². The maximum Gasteiger partial charge on any atom is 0.0897 e. The molecule has 0 aliphatic rings. The zero-order chi connectivity index (χ0) is 12.4. The highest BCUT2D eigenvalue weighted by atomic mass is 32.1. The van der Waals surface area contributed by atoms with Gasteiger partial charge < -0.3 is 5.32 Å². The molecule has 92 valence electrons. The molecule has 0 aliphatic heterocycles. The van der Waals surface area contributed by atoms with E-state index in [1.807, 2.05) is 32.6 Å². The van der Waals surface area contributed by atoms with E-state index >= 15 is 0 Å². The fourth-order valence-corrected chi connectivity index (χ4v) is 2.65. The summed E-state index contributed by atoms with van der Waals surface area (Å²) >= 11 is 1.70. The van der Waals surface area contributed by atoms with E-state index < -0.39 is 0 Å². The van der Waals surface area contributed by atoms with Gasteiger partial charge in [-0.3, -0.25) is 4.68 Å². The molecule has 2 rings (SSSR count). The van der Waals surface area contributed by atoms with Crippen LogP contribution < -0.4 is 5.32 Å². The second-order valence-corrected chi connectivity index (χ2v) is 5.30. The SMILES string of the molecule is CNC(Cc1csc(C)n1)c1cc(C)nn1C. The summed E-state index contributed by atoms with van der Waals surface area (Å²) in [5.41, 5.74) is 3.40. The molecule has 0 radical (unpaired) electrons. The standard InChI is InChI=1S/C12H18N4S/c1-8-5-12(16(4)15-8)11(13-3)6-10-7-17-9(2)14-10/h5,7,11,13H,6H2,1-4H3. The van der Waals surface area contributed by atoms with Crippen molar-refractivity contribution in [3.05, 3.63) is 33.5 Å². The molecular formula is C12H18N4S. The summed E-state index contributed by atoms with van der Waals surface area (Å²) in [6, 6.07) is 2.39. The van der Waals surface area contributed by atoms with E-state index in [1.54, 1.807) is 11.3 Å². The van der Waals surface area contributed by atoms with Gasteiger partial charge in [-0.2, -0.15) is 5.10 Å². The molecule has 0 saturated heterocycles.